The molecule has 0 aromatic rings. The van der Waals surface area contributed by atoms with Crippen LogP contribution < -0.4 is 4.89 Å². The second kappa shape index (κ2) is 5.65. The summed E-state index contributed by atoms with van der Waals surface area (Å²) >= 11 is 0. The van der Waals surface area contributed by atoms with Crippen molar-refractivity contribution < 1.29 is 18.0 Å². The van der Waals surface area contributed by atoms with Gasteiger partial charge < -0.3 is 4.74 Å². The van der Waals surface area contributed by atoms with E-state index in [0.29, 0.717) is 6.61 Å². The maximum Gasteiger partial charge on any atom is 0.234 e. The smallest absolute Gasteiger partial charge is 0.234 e. The maximum absolute atomic E-state index is 11.3. The zero-order valence-electron chi connectivity index (χ0n) is 9.16. The van der Waals surface area contributed by atoms with E-state index in [1.54, 1.807) is 0 Å². The molecule has 14 heavy (non-hydrogen) atoms. The van der Waals surface area contributed by atoms with Crippen LogP contribution in [-0.2, 0) is 19.6 Å². The van der Waals surface area contributed by atoms with Gasteiger partial charge in [-0.3, -0.25) is 4.84 Å². The van der Waals surface area contributed by atoms with Gasteiger partial charge in [0.05, 0.1) is 19.0 Å². The minimum absolute atomic E-state index is 0.0347. The van der Waals surface area contributed by atoms with E-state index in [4.69, 9.17) is 9.57 Å². The Morgan fingerprint density at radius 1 is 1.21 bits per heavy atom. The molecule has 0 amide bonds. The van der Waals surface area contributed by atoms with Gasteiger partial charge in [0.25, 0.3) is 0 Å². The van der Waals surface area contributed by atoms with Crippen LogP contribution >= 0.6 is 0 Å². The van der Waals surface area contributed by atoms with Gasteiger partial charge >= 0.3 is 0 Å². The molecule has 0 fully saturated rings. The van der Waals surface area contributed by atoms with Crippen molar-refractivity contribution in [1.29, 1.82) is 0 Å². The largest absolute Gasteiger partial charge is 0.382 e. The van der Waals surface area contributed by atoms with E-state index < -0.39 is 10.0 Å². The zero-order valence-corrected chi connectivity index (χ0v) is 9.98. The molecule has 0 atom stereocenters. The Labute approximate surface area is 85.8 Å². The monoisotopic (exact) mass is 225 g/mol. The molecule has 0 unspecified atom stereocenters. The quantitative estimate of drug-likeness (QED) is 0.529. The minimum Gasteiger partial charge on any atom is -0.382 e. The second-order valence-electron chi connectivity index (χ2n) is 4.24. The van der Waals surface area contributed by atoms with E-state index >= 15 is 0 Å². The first kappa shape index (κ1) is 13.8. The summed E-state index contributed by atoms with van der Waals surface area (Å²) in [5.74, 6) is 0.0347. The number of hydrogen-bond donors (Lipinski definition) is 1. The Balaban J connectivity index is 3.86. The van der Waals surface area contributed by atoms with Crippen molar-refractivity contribution in [1.82, 2.24) is 4.89 Å². The summed E-state index contributed by atoms with van der Waals surface area (Å²) in [5.41, 5.74) is -0.281. The van der Waals surface area contributed by atoms with Crippen LogP contribution in [0.15, 0.2) is 0 Å². The van der Waals surface area contributed by atoms with E-state index in [1.165, 1.54) is 7.11 Å². The standard InChI is InChI=1S/C8H19NO4S/c1-8(2,3)7-14(10,11)9-13-6-5-12-4/h9H,5-7H2,1-4H3. The van der Waals surface area contributed by atoms with Crippen LogP contribution in [0.2, 0.25) is 0 Å². The molecule has 1 N–H and O–H groups in total. The summed E-state index contributed by atoms with van der Waals surface area (Å²) in [6.45, 7) is 6.11. The SMILES string of the molecule is COCCONS(=O)(=O)CC(C)(C)C. The Bertz CT molecular complexity index is 243. The normalized spacial score (nSPS) is 13.1. The molecule has 0 rings (SSSR count). The van der Waals surface area contributed by atoms with Crippen LogP contribution in [0, 0.1) is 5.41 Å². The Morgan fingerprint density at radius 3 is 2.21 bits per heavy atom. The van der Waals surface area contributed by atoms with Crippen LogP contribution in [0.4, 0.5) is 0 Å². The Hall–Kier alpha value is -0.170. The molecule has 0 saturated heterocycles. The topological polar surface area (TPSA) is 64.6 Å². The van der Waals surface area contributed by atoms with Crippen molar-refractivity contribution in [2.75, 3.05) is 26.1 Å². The molecule has 0 aliphatic rings. The molecule has 0 bridgehead atoms. The van der Waals surface area contributed by atoms with Crippen molar-refractivity contribution in [3.8, 4) is 0 Å². The highest BCUT2D eigenvalue weighted by molar-refractivity contribution is 7.89. The molecule has 0 aromatic carbocycles. The number of methoxy groups -OCH3 is 1. The third-order valence-corrected chi connectivity index (χ3v) is 2.82. The highest BCUT2D eigenvalue weighted by Crippen LogP contribution is 2.14. The van der Waals surface area contributed by atoms with Crippen molar-refractivity contribution in [3.63, 3.8) is 0 Å². The molecule has 0 aliphatic carbocycles. The summed E-state index contributed by atoms with van der Waals surface area (Å²) in [7, 11) is -1.83. The first-order valence-corrected chi connectivity index (χ1v) is 6.02. The average molecular weight is 225 g/mol. The highest BCUT2D eigenvalue weighted by atomic mass is 32.2. The molecule has 6 heteroatoms. The molecule has 0 radical (unpaired) electrons. The summed E-state index contributed by atoms with van der Waals surface area (Å²) in [6.07, 6.45) is 0. The average Bonchev–Trinajstić information content (AvgIpc) is 1.93. The van der Waals surface area contributed by atoms with Crippen molar-refractivity contribution in [2.45, 2.75) is 20.8 Å². The lowest BCUT2D eigenvalue weighted by atomic mass is 10.0. The van der Waals surface area contributed by atoms with E-state index in [9.17, 15) is 8.42 Å². The van der Waals surface area contributed by atoms with Gasteiger partial charge in [-0.25, -0.2) is 8.42 Å². The third kappa shape index (κ3) is 8.43. The molecular formula is C8H19NO4S. The lowest BCUT2D eigenvalue weighted by Gasteiger charge is -2.17. The van der Waals surface area contributed by atoms with Gasteiger partial charge in [-0.15, -0.1) is 0 Å². The minimum atomic E-state index is -3.35. The number of nitrogens with one attached hydrogen (secondary N) is 1. The fraction of sp³-hybridized carbons (Fsp3) is 1.00. The molecule has 5 nitrogen and oxygen atoms in total. The van der Waals surface area contributed by atoms with Crippen LogP contribution in [0.3, 0.4) is 0 Å². The first-order valence-electron chi connectivity index (χ1n) is 4.37. The van der Waals surface area contributed by atoms with E-state index in [1.807, 2.05) is 25.7 Å². The zero-order chi connectivity index (χ0) is 11.2. The van der Waals surface area contributed by atoms with Crippen LogP contribution in [0.25, 0.3) is 0 Å². The summed E-state index contributed by atoms with van der Waals surface area (Å²) in [5, 5.41) is 0. The maximum atomic E-state index is 11.3. The Kier molecular flexibility index (Phi) is 5.58. The van der Waals surface area contributed by atoms with Gasteiger partial charge in [0.2, 0.25) is 10.0 Å². The molecule has 0 heterocycles. The van der Waals surface area contributed by atoms with Crippen molar-refractivity contribution >= 4 is 10.0 Å². The number of rotatable bonds is 6. The fourth-order valence-corrected chi connectivity index (χ4v) is 2.32. The Morgan fingerprint density at radius 2 is 1.79 bits per heavy atom. The van der Waals surface area contributed by atoms with Gasteiger partial charge in [0, 0.05) is 7.11 Å². The number of hydrogen-bond acceptors (Lipinski definition) is 4. The van der Waals surface area contributed by atoms with Gasteiger partial charge in [-0.05, 0) is 5.41 Å². The summed E-state index contributed by atoms with van der Waals surface area (Å²) in [4.78, 5) is 6.76. The van der Waals surface area contributed by atoms with E-state index in [2.05, 4.69) is 0 Å². The molecular weight excluding hydrogens is 206 g/mol. The molecule has 86 valence electrons. The third-order valence-electron chi connectivity index (χ3n) is 1.20. The summed E-state index contributed by atoms with van der Waals surface area (Å²) in [6, 6.07) is 0. The number of ether oxygens (including phenoxy) is 1. The van der Waals surface area contributed by atoms with Gasteiger partial charge in [0.1, 0.15) is 0 Å². The van der Waals surface area contributed by atoms with Gasteiger partial charge in [0.15, 0.2) is 0 Å². The van der Waals surface area contributed by atoms with Crippen LogP contribution in [-0.4, -0.2) is 34.5 Å². The first-order chi connectivity index (χ1) is 6.27. The predicted molar refractivity (Wildman–Crippen MR) is 54.2 cm³/mol. The lowest BCUT2D eigenvalue weighted by molar-refractivity contribution is 0.0435. The van der Waals surface area contributed by atoms with E-state index in [0.717, 1.165) is 0 Å². The van der Waals surface area contributed by atoms with Gasteiger partial charge in [-0.2, -0.15) is 0 Å². The van der Waals surface area contributed by atoms with Crippen LogP contribution in [0.1, 0.15) is 20.8 Å². The second-order valence-corrected chi connectivity index (χ2v) is 5.93. The van der Waals surface area contributed by atoms with Crippen molar-refractivity contribution in [2.24, 2.45) is 5.41 Å². The molecule has 0 spiro atoms. The fourth-order valence-electron chi connectivity index (χ4n) is 0.856. The lowest BCUT2D eigenvalue weighted by Crippen LogP contribution is -2.33. The highest BCUT2D eigenvalue weighted by Gasteiger charge is 2.21. The van der Waals surface area contributed by atoms with E-state index in [-0.39, 0.29) is 17.8 Å². The predicted octanol–water partition coefficient (Wildman–Crippen LogP) is 0.530. The van der Waals surface area contributed by atoms with Crippen LogP contribution in [0.5, 0.6) is 0 Å². The molecule has 0 aromatic heterocycles. The molecule has 0 aliphatic heterocycles. The van der Waals surface area contributed by atoms with Gasteiger partial charge in [-0.1, -0.05) is 25.7 Å². The molecule has 0 saturated carbocycles. The summed E-state index contributed by atoms with van der Waals surface area (Å²) < 4.78 is 27.4. The van der Waals surface area contributed by atoms with Crippen molar-refractivity contribution in [3.05, 3.63) is 0 Å². The number of sulfonamides is 1.